The number of nitrogens with zero attached hydrogens (tertiary/aromatic N) is 3. The van der Waals surface area contributed by atoms with Gasteiger partial charge in [0.2, 0.25) is 5.95 Å². The van der Waals surface area contributed by atoms with Crippen molar-refractivity contribution in [3.05, 3.63) is 76.3 Å². The van der Waals surface area contributed by atoms with Crippen LogP contribution in [-0.4, -0.2) is 85.1 Å². The van der Waals surface area contributed by atoms with Crippen molar-refractivity contribution in [3.63, 3.8) is 0 Å². The summed E-state index contributed by atoms with van der Waals surface area (Å²) in [6.45, 7) is 26.2. The molecule has 346 valence electrons. The highest BCUT2D eigenvalue weighted by Crippen LogP contribution is 2.50. The summed E-state index contributed by atoms with van der Waals surface area (Å²) >= 11 is 0. The number of carbonyl (C=O) groups is 3. The number of nitrogens with one attached hydrogen (secondary N) is 2. The van der Waals surface area contributed by atoms with Crippen LogP contribution < -0.4 is 10.9 Å². The van der Waals surface area contributed by atoms with Crippen LogP contribution >= 0.6 is 0 Å². The second-order valence-corrected chi connectivity index (χ2v) is 30.2. The summed E-state index contributed by atoms with van der Waals surface area (Å²) in [6, 6.07) is 15.0. The van der Waals surface area contributed by atoms with Crippen LogP contribution in [0.25, 0.3) is 43.5 Å². The Morgan fingerprint density at radius 2 is 1.45 bits per heavy atom. The molecule has 0 saturated carbocycles. The van der Waals surface area contributed by atoms with Gasteiger partial charge in [0.05, 0.1) is 25.1 Å². The number of esters is 3. The van der Waals surface area contributed by atoms with Gasteiger partial charge in [-0.3, -0.25) is 28.7 Å². The monoisotopic (exact) mass is 923 g/mol. The Morgan fingerprint density at radius 3 is 2.08 bits per heavy atom. The van der Waals surface area contributed by atoms with Gasteiger partial charge in [0.25, 0.3) is 5.56 Å². The van der Waals surface area contributed by atoms with Gasteiger partial charge in [0.1, 0.15) is 12.3 Å². The largest absolute Gasteiger partial charge is 0.456 e. The first-order valence-corrected chi connectivity index (χ1v) is 28.1. The molecular weight excluding hydrogens is 863 g/mol. The summed E-state index contributed by atoms with van der Waals surface area (Å²) in [4.78, 5) is 65.1. The Balaban J connectivity index is 1.25. The predicted octanol–water partition coefficient (Wildman–Crippen LogP) is 9.35. The fraction of sp³-hybridized carbons (Fsp3) is 0.500. The van der Waals surface area contributed by atoms with Crippen LogP contribution in [0, 0.1) is 0 Å². The molecule has 2 N–H and O–H groups in total. The number of ether oxygens (including phenoxy) is 4. The van der Waals surface area contributed by atoms with Crippen LogP contribution in [0.2, 0.25) is 36.3 Å². The predicted molar refractivity (Wildman–Crippen MR) is 254 cm³/mol. The Labute approximate surface area is 380 Å². The molecule has 15 nitrogen and oxygen atoms in total. The van der Waals surface area contributed by atoms with E-state index in [1.54, 1.807) is 10.9 Å². The quantitative estimate of drug-likeness (QED) is 0.0543. The molecule has 1 aliphatic carbocycles. The molecule has 3 heterocycles. The van der Waals surface area contributed by atoms with Gasteiger partial charge < -0.3 is 33.1 Å². The fourth-order valence-electron chi connectivity index (χ4n) is 8.81. The van der Waals surface area contributed by atoms with E-state index in [1.165, 1.54) is 20.8 Å². The lowest BCUT2D eigenvalue weighted by molar-refractivity contribution is -0.187. The number of rotatable bonds is 11. The van der Waals surface area contributed by atoms with E-state index in [9.17, 15) is 19.2 Å². The third-order valence-electron chi connectivity index (χ3n) is 14.1. The van der Waals surface area contributed by atoms with Crippen LogP contribution in [0.4, 0.5) is 5.95 Å². The maximum Gasteiger partial charge on any atom is 0.303 e. The number of carbonyl (C=O) groups excluding carboxylic acids is 3. The van der Waals surface area contributed by atoms with Gasteiger partial charge in [-0.1, -0.05) is 84.0 Å². The van der Waals surface area contributed by atoms with Gasteiger partial charge in [-0.05, 0) is 80.2 Å². The molecule has 8 rings (SSSR count). The van der Waals surface area contributed by atoms with Gasteiger partial charge >= 0.3 is 17.9 Å². The van der Waals surface area contributed by atoms with Crippen LogP contribution in [0.5, 0.6) is 0 Å². The molecule has 65 heavy (non-hydrogen) atoms. The SMILES string of the molecule is CC(=O)O[C@@H]1[C@@H](OC(C)=O)[C@H](OC(C)=O)c2cc3ccc4cccc5ccc(c2[C@H]1Nc1nc2c(ncn2[C@H]2C[C@H](O[Si](C)(C)C(C)(C)C)[C@@H](CO[Si](C)(C)C(C)(C)C)O2)c(=O)[nH]1)c3c45. The van der Waals surface area contributed by atoms with Crippen molar-refractivity contribution >= 4 is 84.0 Å². The normalized spacial score (nSPS) is 23.0. The molecule has 6 aromatic rings. The molecule has 2 aromatic heterocycles. The van der Waals surface area contributed by atoms with E-state index in [2.05, 4.69) is 83.0 Å². The van der Waals surface area contributed by atoms with Crippen molar-refractivity contribution in [1.82, 2.24) is 19.5 Å². The van der Waals surface area contributed by atoms with E-state index in [0.29, 0.717) is 24.2 Å². The smallest absolute Gasteiger partial charge is 0.303 e. The zero-order chi connectivity index (χ0) is 47.1. The van der Waals surface area contributed by atoms with E-state index in [0.717, 1.165) is 32.3 Å². The number of fused-ring (bicyclic) bond motifs is 3. The topological polar surface area (TPSA) is 182 Å². The lowest BCUT2D eigenvalue weighted by Gasteiger charge is -2.43. The van der Waals surface area contributed by atoms with Crippen molar-refractivity contribution in [3.8, 4) is 0 Å². The lowest BCUT2D eigenvalue weighted by atomic mass is 9.77. The zero-order valence-corrected chi connectivity index (χ0v) is 41.6. The Hall–Kier alpha value is -5.21. The number of anilines is 1. The van der Waals surface area contributed by atoms with Crippen molar-refractivity contribution in [2.24, 2.45) is 0 Å². The number of benzene rings is 4. The van der Waals surface area contributed by atoms with Gasteiger partial charge in [0, 0.05) is 32.8 Å². The van der Waals surface area contributed by atoms with Crippen LogP contribution in [0.15, 0.2) is 59.7 Å². The fourth-order valence-corrected chi connectivity index (χ4v) is 11.2. The molecule has 1 fully saturated rings. The Morgan fingerprint density at radius 1 is 0.831 bits per heavy atom. The average Bonchev–Trinajstić information content (AvgIpc) is 3.81. The molecule has 7 atom stereocenters. The van der Waals surface area contributed by atoms with Gasteiger partial charge in [-0.2, -0.15) is 4.98 Å². The van der Waals surface area contributed by atoms with Crippen LogP contribution in [0.1, 0.15) is 98.2 Å². The first-order valence-electron chi connectivity index (χ1n) is 22.3. The lowest BCUT2D eigenvalue weighted by Crippen LogP contribution is -2.50. The van der Waals surface area contributed by atoms with Crippen molar-refractivity contribution in [2.75, 3.05) is 11.9 Å². The van der Waals surface area contributed by atoms with Crippen LogP contribution in [0.3, 0.4) is 0 Å². The maximum absolute atomic E-state index is 14.0. The molecule has 17 heteroatoms. The number of hydrogen-bond donors (Lipinski definition) is 2. The highest BCUT2D eigenvalue weighted by molar-refractivity contribution is 6.74. The first kappa shape index (κ1) is 46.3. The summed E-state index contributed by atoms with van der Waals surface area (Å²) in [5.41, 5.74) is 0.972. The number of hydrogen-bond acceptors (Lipinski definition) is 13. The van der Waals surface area contributed by atoms with Gasteiger partial charge in [0.15, 0.2) is 46.1 Å². The van der Waals surface area contributed by atoms with E-state index in [-0.39, 0.29) is 33.3 Å². The molecule has 0 radical (unpaired) electrons. The van der Waals surface area contributed by atoms with Crippen molar-refractivity contribution in [2.45, 2.75) is 148 Å². The number of aromatic nitrogens is 4. The third kappa shape index (κ3) is 8.57. The minimum atomic E-state index is -2.28. The van der Waals surface area contributed by atoms with E-state index >= 15 is 0 Å². The summed E-state index contributed by atoms with van der Waals surface area (Å²) < 4.78 is 40.3. The number of aromatic amines is 1. The first-order chi connectivity index (χ1) is 30.3. The summed E-state index contributed by atoms with van der Waals surface area (Å²) in [7, 11) is -4.44. The zero-order valence-electron chi connectivity index (χ0n) is 39.6. The van der Waals surface area contributed by atoms with E-state index in [1.807, 2.05) is 48.5 Å². The van der Waals surface area contributed by atoms with E-state index < -0.39 is 76.8 Å². The van der Waals surface area contributed by atoms with E-state index in [4.69, 9.17) is 32.8 Å². The molecule has 0 bridgehead atoms. The summed E-state index contributed by atoms with van der Waals surface area (Å²) in [5, 5.41) is 8.99. The highest BCUT2D eigenvalue weighted by Gasteiger charge is 2.51. The molecule has 0 amide bonds. The third-order valence-corrected chi connectivity index (χ3v) is 23.1. The minimum Gasteiger partial charge on any atom is -0.456 e. The number of imidazole rings is 1. The Bertz CT molecular complexity index is 2860. The second-order valence-electron chi connectivity index (χ2n) is 20.6. The van der Waals surface area contributed by atoms with Crippen LogP contribution in [-0.2, 0) is 42.2 Å². The molecular formula is C48H61N5O10Si2. The molecule has 0 unspecified atom stereocenters. The van der Waals surface area contributed by atoms with Gasteiger partial charge in [-0.25, -0.2) is 4.98 Å². The Kier molecular flexibility index (Phi) is 11.8. The van der Waals surface area contributed by atoms with Crippen molar-refractivity contribution < 1.29 is 42.2 Å². The molecule has 1 saturated heterocycles. The number of H-pyrrole nitrogens is 1. The molecule has 0 spiro atoms. The second kappa shape index (κ2) is 16.6. The summed E-state index contributed by atoms with van der Waals surface area (Å²) in [5.74, 6) is -1.95. The van der Waals surface area contributed by atoms with Crippen molar-refractivity contribution in [1.29, 1.82) is 0 Å². The standard InChI is InChI=1S/C48H61N5O10Si2/c1-25(54)59-41-32-21-30-18-17-28-15-14-16-29-19-20-31(37(30)36(28)29)38(32)39(42(60-26(2)55)43(41)61-27(3)56)50-46-51-44-40(45(57)52-46)49-24-53(44)35-22-33(63-65(12,13)48(7,8)9)34(62-35)23-58-64(10,11)47(4,5)6/h14-21,24,33-35,39,41-43H,22-23H2,1-13H3,(H2,50,51,52,57)/t33-,34+,35+,39+,41+,42-,43-/m0/s1. The highest BCUT2D eigenvalue weighted by atomic mass is 28.4. The molecule has 4 aromatic carbocycles. The van der Waals surface area contributed by atoms with Gasteiger partial charge in [-0.15, -0.1) is 0 Å². The summed E-state index contributed by atoms with van der Waals surface area (Å²) in [6.07, 6.45) is -3.01. The minimum absolute atomic E-state index is 0.0135. The molecule has 2 aliphatic rings. The average molecular weight is 924 g/mol. The maximum atomic E-state index is 14.0. The molecule has 1 aliphatic heterocycles.